The van der Waals surface area contributed by atoms with Crippen molar-refractivity contribution in [2.24, 2.45) is 0 Å². The molecule has 0 aromatic heterocycles. The Bertz CT molecular complexity index is 809. The van der Waals surface area contributed by atoms with Gasteiger partial charge in [0.25, 0.3) is 0 Å². The Labute approximate surface area is 172 Å². The molecule has 2 rings (SSSR count). The molecular formula is C21H23BrN2O4. The maximum absolute atomic E-state index is 12.7. The molecule has 0 bridgehead atoms. The van der Waals surface area contributed by atoms with Crippen LogP contribution in [0.4, 0.5) is 0 Å². The summed E-state index contributed by atoms with van der Waals surface area (Å²) in [5.74, 6) is -0.921. The second-order valence-electron chi connectivity index (χ2n) is 6.32. The van der Waals surface area contributed by atoms with Crippen molar-refractivity contribution in [3.05, 3.63) is 70.2 Å². The summed E-state index contributed by atoms with van der Waals surface area (Å²) in [6.07, 6.45) is 0.0673. The van der Waals surface area contributed by atoms with Crippen molar-refractivity contribution in [3.63, 3.8) is 0 Å². The Morgan fingerprint density at radius 1 is 0.893 bits per heavy atom. The molecule has 0 fully saturated rings. The predicted octanol–water partition coefficient (Wildman–Crippen LogP) is 3.44. The number of ether oxygens (including phenoxy) is 1. The lowest BCUT2D eigenvalue weighted by atomic mass is 10.0. The van der Waals surface area contributed by atoms with Crippen LogP contribution in [-0.2, 0) is 19.1 Å². The van der Waals surface area contributed by atoms with Crippen LogP contribution in [0.2, 0.25) is 0 Å². The number of methoxy groups -OCH3 is 1. The minimum Gasteiger partial charge on any atom is -0.469 e. The number of benzene rings is 2. The van der Waals surface area contributed by atoms with E-state index in [1.807, 2.05) is 54.6 Å². The summed E-state index contributed by atoms with van der Waals surface area (Å²) >= 11 is 3.37. The van der Waals surface area contributed by atoms with E-state index in [1.54, 1.807) is 0 Å². The maximum Gasteiger partial charge on any atom is 0.307 e. The molecule has 2 aromatic rings. The second kappa shape index (κ2) is 10.6. The van der Waals surface area contributed by atoms with E-state index < -0.39 is 18.1 Å². The lowest BCUT2D eigenvalue weighted by molar-refractivity contribution is -0.141. The SMILES string of the molecule is COC(=O)CC(NC(=O)CC(NC(C)=O)c1ccccc1)c1ccc(Br)cc1. The molecule has 2 amide bonds. The highest BCUT2D eigenvalue weighted by molar-refractivity contribution is 9.10. The maximum atomic E-state index is 12.7. The molecule has 148 valence electrons. The monoisotopic (exact) mass is 446 g/mol. The summed E-state index contributed by atoms with van der Waals surface area (Å²) in [7, 11) is 1.31. The van der Waals surface area contributed by atoms with E-state index in [-0.39, 0.29) is 24.7 Å². The van der Waals surface area contributed by atoms with Gasteiger partial charge >= 0.3 is 5.97 Å². The summed E-state index contributed by atoms with van der Waals surface area (Å²) in [5, 5.41) is 5.69. The van der Waals surface area contributed by atoms with E-state index in [2.05, 4.69) is 26.6 Å². The summed E-state index contributed by atoms with van der Waals surface area (Å²) in [6.45, 7) is 1.41. The molecule has 7 heteroatoms. The van der Waals surface area contributed by atoms with Crippen molar-refractivity contribution in [1.82, 2.24) is 10.6 Å². The topological polar surface area (TPSA) is 84.5 Å². The number of hydrogen-bond donors (Lipinski definition) is 2. The van der Waals surface area contributed by atoms with Crippen molar-refractivity contribution < 1.29 is 19.1 Å². The Morgan fingerprint density at radius 3 is 2.04 bits per heavy atom. The molecule has 0 aliphatic rings. The summed E-state index contributed by atoms with van der Waals surface area (Å²) in [5.41, 5.74) is 1.62. The van der Waals surface area contributed by atoms with Crippen LogP contribution >= 0.6 is 15.9 Å². The standard InChI is InChI=1S/C21H23BrN2O4/c1-14(25)23-18(15-6-4-3-5-7-15)12-20(26)24-19(13-21(27)28-2)16-8-10-17(22)11-9-16/h3-11,18-19H,12-13H2,1-2H3,(H,23,25)(H,24,26). The third kappa shape index (κ3) is 6.81. The summed E-state index contributed by atoms with van der Waals surface area (Å²) in [4.78, 5) is 36.1. The van der Waals surface area contributed by atoms with Gasteiger partial charge in [0.1, 0.15) is 0 Å². The van der Waals surface area contributed by atoms with Gasteiger partial charge in [-0.2, -0.15) is 0 Å². The number of carbonyl (C=O) groups is 3. The van der Waals surface area contributed by atoms with Crippen molar-refractivity contribution in [2.75, 3.05) is 7.11 Å². The predicted molar refractivity (Wildman–Crippen MR) is 109 cm³/mol. The number of rotatable bonds is 8. The third-order valence-electron chi connectivity index (χ3n) is 4.18. The molecule has 2 aromatic carbocycles. The Morgan fingerprint density at radius 2 is 1.46 bits per heavy atom. The van der Waals surface area contributed by atoms with Crippen LogP contribution in [0.3, 0.4) is 0 Å². The number of halogens is 1. The van der Waals surface area contributed by atoms with Crippen LogP contribution in [0.5, 0.6) is 0 Å². The van der Waals surface area contributed by atoms with Gasteiger partial charge in [0, 0.05) is 11.4 Å². The minimum absolute atomic E-state index is 0.0139. The van der Waals surface area contributed by atoms with E-state index in [9.17, 15) is 14.4 Å². The summed E-state index contributed by atoms with van der Waals surface area (Å²) < 4.78 is 5.65. The zero-order chi connectivity index (χ0) is 20.5. The molecule has 2 atom stereocenters. The van der Waals surface area contributed by atoms with Crippen LogP contribution in [-0.4, -0.2) is 24.9 Å². The fourth-order valence-electron chi connectivity index (χ4n) is 2.82. The van der Waals surface area contributed by atoms with Crippen molar-refractivity contribution in [3.8, 4) is 0 Å². The third-order valence-corrected chi connectivity index (χ3v) is 4.70. The van der Waals surface area contributed by atoms with Gasteiger partial charge in [-0.25, -0.2) is 0 Å². The normalized spacial score (nSPS) is 12.5. The first-order chi connectivity index (χ1) is 13.4. The van der Waals surface area contributed by atoms with Crippen molar-refractivity contribution >= 4 is 33.7 Å². The molecule has 0 saturated carbocycles. The Hall–Kier alpha value is -2.67. The van der Waals surface area contributed by atoms with Crippen molar-refractivity contribution in [2.45, 2.75) is 31.8 Å². The van der Waals surface area contributed by atoms with Gasteiger partial charge in [-0.15, -0.1) is 0 Å². The van der Waals surface area contributed by atoms with E-state index in [1.165, 1.54) is 14.0 Å². The minimum atomic E-state index is -0.526. The van der Waals surface area contributed by atoms with E-state index >= 15 is 0 Å². The number of nitrogens with one attached hydrogen (secondary N) is 2. The second-order valence-corrected chi connectivity index (χ2v) is 7.24. The molecule has 2 unspecified atom stereocenters. The molecule has 2 N–H and O–H groups in total. The summed E-state index contributed by atoms with van der Waals surface area (Å²) in [6, 6.07) is 15.7. The first-order valence-electron chi connectivity index (χ1n) is 8.82. The fraction of sp³-hybridized carbons (Fsp3) is 0.286. The van der Waals surface area contributed by atoms with E-state index in [0.29, 0.717) is 0 Å². The molecule has 6 nitrogen and oxygen atoms in total. The molecular weight excluding hydrogens is 424 g/mol. The van der Waals surface area contributed by atoms with Gasteiger partial charge in [-0.1, -0.05) is 58.4 Å². The van der Waals surface area contributed by atoms with Gasteiger partial charge in [-0.05, 0) is 23.3 Å². The molecule has 0 saturated heterocycles. The van der Waals surface area contributed by atoms with Gasteiger partial charge in [0.15, 0.2) is 0 Å². The smallest absolute Gasteiger partial charge is 0.307 e. The fourth-order valence-corrected chi connectivity index (χ4v) is 3.08. The average molecular weight is 447 g/mol. The highest BCUT2D eigenvalue weighted by Crippen LogP contribution is 2.22. The lowest BCUT2D eigenvalue weighted by Crippen LogP contribution is -2.35. The first-order valence-corrected chi connectivity index (χ1v) is 9.62. The lowest BCUT2D eigenvalue weighted by Gasteiger charge is -2.22. The zero-order valence-corrected chi connectivity index (χ0v) is 17.4. The van der Waals surface area contributed by atoms with E-state index in [0.717, 1.165) is 15.6 Å². The molecule has 0 radical (unpaired) electrons. The average Bonchev–Trinajstić information content (AvgIpc) is 2.67. The van der Waals surface area contributed by atoms with Gasteiger partial charge in [0.2, 0.25) is 11.8 Å². The highest BCUT2D eigenvalue weighted by Gasteiger charge is 2.22. The van der Waals surface area contributed by atoms with Crippen LogP contribution < -0.4 is 10.6 Å². The van der Waals surface area contributed by atoms with Gasteiger partial charge < -0.3 is 15.4 Å². The van der Waals surface area contributed by atoms with Crippen LogP contribution in [0.15, 0.2) is 59.1 Å². The van der Waals surface area contributed by atoms with Crippen LogP contribution in [0.25, 0.3) is 0 Å². The quantitative estimate of drug-likeness (QED) is 0.608. The molecule has 0 aliphatic heterocycles. The van der Waals surface area contributed by atoms with E-state index in [4.69, 9.17) is 4.74 Å². The Balaban J connectivity index is 2.15. The van der Waals surface area contributed by atoms with Crippen LogP contribution in [0, 0.1) is 0 Å². The largest absolute Gasteiger partial charge is 0.469 e. The van der Waals surface area contributed by atoms with Crippen LogP contribution in [0.1, 0.15) is 43.0 Å². The number of esters is 1. The highest BCUT2D eigenvalue weighted by atomic mass is 79.9. The molecule has 0 heterocycles. The molecule has 28 heavy (non-hydrogen) atoms. The number of carbonyl (C=O) groups excluding carboxylic acids is 3. The molecule has 0 aliphatic carbocycles. The number of amides is 2. The van der Waals surface area contributed by atoms with Gasteiger partial charge in [0.05, 0.1) is 32.0 Å². The van der Waals surface area contributed by atoms with Crippen molar-refractivity contribution in [1.29, 1.82) is 0 Å². The zero-order valence-electron chi connectivity index (χ0n) is 15.8. The van der Waals surface area contributed by atoms with Gasteiger partial charge in [-0.3, -0.25) is 14.4 Å². The first kappa shape index (κ1) is 21.6. The molecule has 0 spiro atoms. The number of hydrogen-bond acceptors (Lipinski definition) is 4. The Kier molecular flexibility index (Phi) is 8.19.